The van der Waals surface area contributed by atoms with Crippen molar-refractivity contribution in [2.24, 2.45) is 4.99 Å². The molecule has 25 heavy (non-hydrogen) atoms. The lowest BCUT2D eigenvalue weighted by Crippen LogP contribution is -2.56. The number of piperazine rings is 1. The fourth-order valence-electron chi connectivity index (χ4n) is 4.11. The summed E-state index contributed by atoms with van der Waals surface area (Å²) in [6, 6.07) is 0.248. The standard InChI is InChI=1S/C18H23ClFN5/c1-10-14(19)16-13-17(15(10)20)23(4)9-12-8-22(3)6-7-25(12)18(13)21-11(2)24(16)5/h12H,2,6-9H2,1,3-5H3. The van der Waals surface area contributed by atoms with Crippen LogP contribution in [-0.4, -0.2) is 69.0 Å². The number of fused-ring (bicyclic) bond motifs is 2. The van der Waals surface area contributed by atoms with Gasteiger partial charge in [-0.1, -0.05) is 18.2 Å². The van der Waals surface area contributed by atoms with Crippen LogP contribution in [0.15, 0.2) is 17.4 Å². The number of hydrogen-bond donors (Lipinski definition) is 0. The lowest BCUT2D eigenvalue weighted by Gasteiger charge is -2.42. The molecule has 1 unspecified atom stereocenters. The Kier molecular flexibility index (Phi) is 3.74. The molecular weight excluding hydrogens is 341 g/mol. The number of likely N-dealkylation sites (N-methyl/N-ethyl adjacent to an activating group) is 2. The minimum Gasteiger partial charge on any atom is -0.369 e. The summed E-state index contributed by atoms with van der Waals surface area (Å²) in [5.74, 6) is 1.17. The second-order valence-corrected chi connectivity index (χ2v) is 7.60. The molecule has 134 valence electrons. The van der Waals surface area contributed by atoms with Crippen molar-refractivity contribution in [3.05, 3.63) is 34.4 Å². The molecule has 7 heteroatoms. The quantitative estimate of drug-likeness (QED) is 0.707. The van der Waals surface area contributed by atoms with Crippen LogP contribution in [0.4, 0.5) is 15.8 Å². The van der Waals surface area contributed by atoms with Crippen LogP contribution in [0.1, 0.15) is 11.1 Å². The van der Waals surface area contributed by atoms with E-state index in [4.69, 9.17) is 16.6 Å². The third kappa shape index (κ3) is 2.27. The van der Waals surface area contributed by atoms with Crippen LogP contribution in [0.2, 0.25) is 5.02 Å². The molecule has 4 rings (SSSR count). The molecule has 0 saturated carbocycles. The molecular formula is C18H23ClFN5. The van der Waals surface area contributed by atoms with Gasteiger partial charge in [-0.05, 0) is 14.0 Å². The van der Waals surface area contributed by atoms with Crippen molar-refractivity contribution in [3.63, 3.8) is 0 Å². The van der Waals surface area contributed by atoms with Crippen molar-refractivity contribution in [1.82, 2.24) is 9.80 Å². The summed E-state index contributed by atoms with van der Waals surface area (Å²) in [4.78, 5) is 13.2. The molecule has 0 aliphatic carbocycles. The van der Waals surface area contributed by atoms with Crippen LogP contribution < -0.4 is 9.80 Å². The average molecular weight is 364 g/mol. The van der Waals surface area contributed by atoms with E-state index < -0.39 is 0 Å². The maximum absolute atomic E-state index is 15.2. The van der Waals surface area contributed by atoms with Crippen molar-refractivity contribution in [2.45, 2.75) is 13.0 Å². The molecule has 0 bridgehead atoms. The zero-order chi connectivity index (χ0) is 18.0. The molecule has 0 radical (unpaired) electrons. The highest BCUT2D eigenvalue weighted by atomic mass is 35.5. The highest BCUT2D eigenvalue weighted by Crippen LogP contribution is 2.46. The summed E-state index contributed by atoms with van der Waals surface area (Å²) < 4.78 is 15.2. The highest BCUT2D eigenvalue weighted by molar-refractivity contribution is 6.36. The van der Waals surface area contributed by atoms with Gasteiger partial charge in [0.1, 0.15) is 11.7 Å². The van der Waals surface area contributed by atoms with Crippen molar-refractivity contribution >= 4 is 28.8 Å². The first-order valence-corrected chi connectivity index (χ1v) is 8.88. The first-order valence-electron chi connectivity index (χ1n) is 8.50. The van der Waals surface area contributed by atoms with Crippen LogP contribution in [0.25, 0.3) is 0 Å². The second kappa shape index (κ2) is 5.61. The molecule has 5 nitrogen and oxygen atoms in total. The predicted octanol–water partition coefficient (Wildman–Crippen LogP) is 2.52. The topological polar surface area (TPSA) is 25.3 Å². The number of halogens is 2. The molecule has 0 spiro atoms. The van der Waals surface area contributed by atoms with E-state index in [1.54, 1.807) is 6.92 Å². The van der Waals surface area contributed by atoms with Gasteiger partial charge in [-0.3, -0.25) is 0 Å². The lowest BCUT2D eigenvalue weighted by atomic mass is 10.0. The van der Waals surface area contributed by atoms with E-state index in [9.17, 15) is 0 Å². The first-order chi connectivity index (χ1) is 11.8. The summed E-state index contributed by atoms with van der Waals surface area (Å²) >= 11 is 6.57. The van der Waals surface area contributed by atoms with E-state index in [2.05, 4.69) is 23.4 Å². The zero-order valence-corrected chi connectivity index (χ0v) is 15.9. The second-order valence-electron chi connectivity index (χ2n) is 7.23. The summed E-state index contributed by atoms with van der Waals surface area (Å²) in [7, 11) is 5.96. The van der Waals surface area contributed by atoms with Gasteiger partial charge in [0.25, 0.3) is 0 Å². The average Bonchev–Trinajstić information content (AvgIpc) is 2.67. The summed E-state index contributed by atoms with van der Waals surface area (Å²) in [6.07, 6.45) is 0. The van der Waals surface area contributed by atoms with E-state index in [0.29, 0.717) is 22.1 Å². The van der Waals surface area contributed by atoms with E-state index in [1.807, 2.05) is 23.9 Å². The van der Waals surface area contributed by atoms with Gasteiger partial charge in [0.05, 0.1) is 28.0 Å². The van der Waals surface area contributed by atoms with Crippen LogP contribution in [0, 0.1) is 12.7 Å². The highest BCUT2D eigenvalue weighted by Gasteiger charge is 2.40. The number of aliphatic imine (C=N–C) groups is 1. The lowest BCUT2D eigenvalue weighted by molar-refractivity contribution is 0.156. The van der Waals surface area contributed by atoms with Gasteiger partial charge in [0.2, 0.25) is 0 Å². The van der Waals surface area contributed by atoms with Gasteiger partial charge in [-0.25, -0.2) is 9.38 Å². The first kappa shape index (κ1) is 16.7. The van der Waals surface area contributed by atoms with Gasteiger partial charge in [0.15, 0.2) is 5.82 Å². The van der Waals surface area contributed by atoms with E-state index in [1.165, 1.54) is 0 Å². The summed E-state index contributed by atoms with van der Waals surface area (Å²) in [6.45, 7) is 9.28. The number of amidine groups is 1. The molecule has 1 saturated heterocycles. The maximum atomic E-state index is 15.2. The summed E-state index contributed by atoms with van der Waals surface area (Å²) in [5, 5.41) is 0.438. The maximum Gasteiger partial charge on any atom is 0.151 e. The Labute approximate surface area is 153 Å². The van der Waals surface area contributed by atoms with E-state index in [0.717, 1.165) is 43.3 Å². The molecule has 1 aromatic rings. The SMILES string of the molecule is C=C1N=C2c3c(c(F)c(C)c(Cl)c3N1C)N(C)CC1CN(C)CCN21. The summed E-state index contributed by atoms with van der Waals surface area (Å²) in [5.41, 5.74) is 2.65. The molecule has 3 heterocycles. The van der Waals surface area contributed by atoms with Crippen LogP contribution in [0.3, 0.4) is 0 Å². The fourth-order valence-corrected chi connectivity index (χ4v) is 4.42. The normalized spacial score (nSPS) is 23.3. The number of rotatable bonds is 0. The fraction of sp³-hybridized carbons (Fsp3) is 0.500. The minimum absolute atomic E-state index is 0.248. The number of nitrogens with zero attached hydrogens (tertiary/aromatic N) is 5. The van der Waals surface area contributed by atoms with Crippen molar-refractivity contribution in [3.8, 4) is 0 Å². The Bertz CT molecular complexity index is 805. The predicted molar refractivity (Wildman–Crippen MR) is 101 cm³/mol. The van der Waals surface area contributed by atoms with E-state index in [-0.39, 0.29) is 11.9 Å². The van der Waals surface area contributed by atoms with E-state index >= 15 is 4.39 Å². The van der Waals surface area contributed by atoms with Crippen LogP contribution in [0.5, 0.6) is 0 Å². The zero-order valence-electron chi connectivity index (χ0n) is 15.1. The van der Waals surface area contributed by atoms with Gasteiger partial charge >= 0.3 is 0 Å². The molecule has 1 fully saturated rings. The van der Waals surface area contributed by atoms with Crippen molar-refractivity contribution in [1.29, 1.82) is 0 Å². The van der Waals surface area contributed by atoms with Gasteiger partial charge in [-0.2, -0.15) is 0 Å². The minimum atomic E-state index is -0.256. The van der Waals surface area contributed by atoms with Crippen molar-refractivity contribution < 1.29 is 4.39 Å². The molecule has 0 N–H and O–H groups in total. The molecule has 3 aliphatic heterocycles. The number of anilines is 2. The molecule has 0 amide bonds. The molecule has 0 aromatic heterocycles. The number of benzene rings is 1. The third-order valence-corrected chi connectivity index (χ3v) is 6.02. The Morgan fingerprint density at radius 1 is 1.16 bits per heavy atom. The molecule has 3 aliphatic rings. The Hall–Kier alpha value is -1.79. The van der Waals surface area contributed by atoms with Gasteiger partial charge in [-0.15, -0.1) is 0 Å². The largest absolute Gasteiger partial charge is 0.369 e. The number of hydrogen-bond acceptors (Lipinski definition) is 5. The van der Waals surface area contributed by atoms with Gasteiger partial charge < -0.3 is 19.6 Å². The Balaban J connectivity index is 2.03. The van der Waals surface area contributed by atoms with Crippen LogP contribution >= 0.6 is 11.6 Å². The smallest absolute Gasteiger partial charge is 0.151 e. The Morgan fingerprint density at radius 2 is 1.88 bits per heavy atom. The van der Waals surface area contributed by atoms with Crippen molar-refractivity contribution in [2.75, 3.05) is 57.1 Å². The third-order valence-electron chi connectivity index (χ3n) is 5.55. The Morgan fingerprint density at radius 3 is 2.60 bits per heavy atom. The van der Waals surface area contributed by atoms with Gasteiger partial charge in [0, 0.05) is 45.8 Å². The monoisotopic (exact) mass is 363 g/mol. The molecule has 1 atom stereocenters. The molecule has 1 aromatic carbocycles. The van der Waals surface area contributed by atoms with Crippen LogP contribution in [-0.2, 0) is 0 Å².